The van der Waals surface area contributed by atoms with Crippen LogP contribution < -0.4 is 9.46 Å². The third-order valence-electron chi connectivity index (χ3n) is 3.49. The summed E-state index contributed by atoms with van der Waals surface area (Å²) >= 11 is 3.19. The van der Waals surface area contributed by atoms with Crippen LogP contribution in [0.1, 0.15) is 5.56 Å². The molecule has 10 heteroatoms. The van der Waals surface area contributed by atoms with Crippen molar-refractivity contribution in [1.29, 1.82) is 0 Å². The number of sulfonamides is 1. The van der Waals surface area contributed by atoms with Gasteiger partial charge in [-0.3, -0.25) is 4.79 Å². The van der Waals surface area contributed by atoms with E-state index < -0.39 is 34.5 Å². The number of hydrogen-bond acceptors (Lipinski definition) is 6. The van der Waals surface area contributed by atoms with Gasteiger partial charge in [0.05, 0.1) is 18.6 Å². The number of nitrogens with one attached hydrogen (secondary N) is 1. The van der Waals surface area contributed by atoms with E-state index in [-0.39, 0.29) is 17.3 Å². The minimum atomic E-state index is -4.04. The molecule has 1 unspecified atom stereocenters. The van der Waals surface area contributed by atoms with Gasteiger partial charge in [-0.25, -0.2) is 12.8 Å². The van der Waals surface area contributed by atoms with Crippen molar-refractivity contribution >= 4 is 31.9 Å². The van der Waals surface area contributed by atoms with Crippen molar-refractivity contribution in [1.82, 2.24) is 4.72 Å². The fraction of sp³-hybridized carbons (Fsp3) is 0.235. The number of aliphatic hydroxyl groups excluding tert-OH is 1. The van der Waals surface area contributed by atoms with E-state index in [1.807, 2.05) is 0 Å². The quantitative estimate of drug-likeness (QED) is 0.582. The maximum Gasteiger partial charge on any atom is 0.326 e. The van der Waals surface area contributed by atoms with Gasteiger partial charge < -0.3 is 14.6 Å². The molecule has 0 radical (unpaired) electrons. The van der Waals surface area contributed by atoms with Crippen molar-refractivity contribution in [3.8, 4) is 5.75 Å². The second kappa shape index (κ2) is 9.27. The third kappa shape index (κ3) is 5.73. The van der Waals surface area contributed by atoms with Crippen LogP contribution in [0.3, 0.4) is 0 Å². The normalized spacial score (nSPS) is 12.4. The molecule has 0 aromatic heterocycles. The van der Waals surface area contributed by atoms with Crippen LogP contribution in [0, 0.1) is 5.82 Å². The Morgan fingerprint density at radius 1 is 1.26 bits per heavy atom. The maximum atomic E-state index is 13.6. The Hall–Kier alpha value is -2.01. The van der Waals surface area contributed by atoms with E-state index in [1.165, 1.54) is 43.5 Å². The molecule has 0 heterocycles. The van der Waals surface area contributed by atoms with E-state index in [2.05, 4.69) is 20.7 Å². The summed E-state index contributed by atoms with van der Waals surface area (Å²) in [7, 11) is -2.72. The van der Waals surface area contributed by atoms with Gasteiger partial charge in [-0.1, -0.05) is 22.0 Å². The number of carbonyl (C=O) groups is 1. The van der Waals surface area contributed by atoms with Gasteiger partial charge in [-0.05, 0) is 42.0 Å². The first-order chi connectivity index (χ1) is 12.8. The van der Waals surface area contributed by atoms with Crippen molar-refractivity contribution in [2.24, 2.45) is 0 Å². The van der Waals surface area contributed by atoms with Gasteiger partial charge in [-0.2, -0.15) is 4.72 Å². The second-order valence-electron chi connectivity index (χ2n) is 5.39. The van der Waals surface area contributed by atoms with Crippen LogP contribution in [0.15, 0.2) is 51.8 Å². The SMILES string of the molecule is COc1ccc(COC(=O)C(CO)NS(=O)(=O)c2ccc(Br)cc2)cc1F. The number of aliphatic hydroxyl groups is 1. The lowest BCUT2D eigenvalue weighted by Crippen LogP contribution is -2.44. The van der Waals surface area contributed by atoms with Gasteiger partial charge in [0.1, 0.15) is 12.6 Å². The Bertz CT molecular complexity index is 904. The van der Waals surface area contributed by atoms with Crippen LogP contribution in [0.25, 0.3) is 0 Å². The molecule has 1 atom stereocenters. The monoisotopic (exact) mass is 461 g/mol. The van der Waals surface area contributed by atoms with Gasteiger partial charge >= 0.3 is 5.97 Å². The minimum Gasteiger partial charge on any atom is -0.494 e. The number of methoxy groups -OCH3 is 1. The lowest BCUT2D eigenvalue weighted by molar-refractivity contribution is -0.148. The zero-order valence-corrected chi connectivity index (χ0v) is 16.6. The molecule has 2 rings (SSSR count). The molecule has 7 nitrogen and oxygen atoms in total. The van der Waals surface area contributed by atoms with Gasteiger partial charge in [0.25, 0.3) is 0 Å². The molecule has 0 bridgehead atoms. The average molecular weight is 462 g/mol. The molecule has 0 aliphatic rings. The van der Waals surface area contributed by atoms with E-state index in [0.29, 0.717) is 10.0 Å². The molecule has 2 aromatic rings. The number of esters is 1. The predicted octanol–water partition coefficient (Wildman–Crippen LogP) is 1.98. The summed E-state index contributed by atoms with van der Waals surface area (Å²) in [6, 6.07) is 8.23. The Morgan fingerprint density at radius 3 is 2.48 bits per heavy atom. The first-order valence-corrected chi connectivity index (χ1v) is 9.92. The number of halogens is 2. The highest BCUT2D eigenvalue weighted by Crippen LogP contribution is 2.18. The molecule has 2 aromatic carbocycles. The van der Waals surface area contributed by atoms with Crippen LogP contribution in [0.5, 0.6) is 5.75 Å². The van der Waals surface area contributed by atoms with E-state index in [0.717, 1.165) is 6.07 Å². The van der Waals surface area contributed by atoms with E-state index >= 15 is 0 Å². The Balaban J connectivity index is 2.03. The molecule has 2 N–H and O–H groups in total. The molecule has 0 fully saturated rings. The third-order valence-corrected chi connectivity index (χ3v) is 5.50. The summed E-state index contributed by atoms with van der Waals surface area (Å²) in [6.45, 7) is -1.10. The molecule has 27 heavy (non-hydrogen) atoms. The maximum absolute atomic E-state index is 13.6. The van der Waals surface area contributed by atoms with Crippen molar-refractivity contribution in [3.63, 3.8) is 0 Å². The largest absolute Gasteiger partial charge is 0.494 e. The summed E-state index contributed by atoms with van der Waals surface area (Å²) in [5, 5.41) is 9.35. The molecule has 0 aliphatic carbocycles. The first kappa shape index (κ1) is 21.3. The van der Waals surface area contributed by atoms with Gasteiger partial charge in [0.15, 0.2) is 11.6 Å². The first-order valence-electron chi connectivity index (χ1n) is 7.64. The standard InChI is InChI=1S/C17H17BrFNO6S/c1-25-16-7-2-11(8-14(16)19)10-26-17(22)15(9-21)20-27(23,24)13-5-3-12(18)4-6-13/h2-8,15,20-21H,9-10H2,1H3. The molecular weight excluding hydrogens is 445 g/mol. The predicted molar refractivity (Wildman–Crippen MR) is 98.1 cm³/mol. The molecule has 146 valence electrons. The fourth-order valence-corrected chi connectivity index (χ4v) is 3.52. The van der Waals surface area contributed by atoms with Crippen molar-refractivity contribution < 1.29 is 32.2 Å². The van der Waals surface area contributed by atoms with Crippen LogP contribution in [0.4, 0.5) is 4.39 Å². The topological polar surface area (TPSA) is 102 Å². The molecule has 0 saturated carbocycles. The van der Waals surface area contributed by atoms with Crippen LogP contribution in [-0.4, -0.2) is 39.3 Å². The Labute approximate surface area is 164 Å². The summed E-state index contributed by atoms with van der Waals surface area (Å²) in [6.07, 6.45) is 0. The highest BCUT2D eigenvalue weighted by Gasteiger charge is 2.26. The van der Waals surface area contributed by atoms with Gasteiger partial charge in [-0.15, -0.1) is 0 Å². The van der Waals surface area contributed by atoms with Crippen LogP contribution >= 0.6 is 15.9 Å². The number of ether oxygens (including phenoxy) is 2. The number of rotatable bonds is 8. The van der Waals surface area contributed by atoms with Gasteiger partial charge in [0.2, 0.25) is 10.0 Å². The fourth-order valence-electron chi connectivity index (χ4n) is 2.08. The second-order valence-corrected chi connectivity index (χ2v) is 8.02. The highest BCUT2D eigenvalue weighted by atomic mass is 79.9. The van der Waals surface area contributed by atoms with E-state index in [4.69, 9.17) is 9.47 Å². The van der Waals surface area contributed by atoms with Gasteiger partial charge in [0, 0.05) is 4.47 Å². The average Bonchev–Trinajstić information content (AvgIpc) is 2.64. The summed E-state index contributed by atoms with van der Waals surface area (Å²) in [4.78, 5) is 12.0. The summed E-state index contributed by atoms with van der Waals surface area (Å²) in [5.74, 6) is -1.57. The van der Waals surface area contributed by atoms with Crippen molar-refractivity contribution in [2.75, 3.05) is 13.7 Å². The van der Waals surface area contributed by atoms with Crippen LogP contribution in [0.2, 0.25) is 0 Å². The molecule has 0 amide bonds. The Morgan fingerprint density at radius 2 is 1.93 bits per heavy atom. The lowest BCUT2D eigenvalue weighted by Gasteiger charge is -2.16. The molecule has 0 spiro atoms. The molecule has 0 saturated heterocycles. The Kier molecular flexibility index (Phi) is 7.31. The van der Waals surface area contributed by atoms with Crippen molar-refractivity contribution in [2.45, 2.75) is 17.5 Å². The van der Waals surface area contributed by atoms with Crippen LogP contribution in [-0.2, 0) is 26.2 Å². The number of benzene rings is 2. The highest BCUT2D eigenvalue weighted by molar-refractivity contribution is 9.10. The zero-order valence-electron chi connectivity index (χ0n) is 14.2. The summed E-state index contributed by atoms with van der Waals surface area (Å²) in [5.41, 5.74) is 0.342. The smallest absolute Gasteiger partial charge is 0.326 e. The van der Waals surface area contributed by atoms with E-state index in [9.17, 15) is 22.7 Å². The van der Waals surface area contributed by atoms with E-state index in [1.54, 1.807) is 0 Å². The number of hydrogen-bond donors (Lipinski definition) is 2. The van der Waals surface area contributed by atoms with Crippen molar-refractivity contribution in [3.05, 3.63) is 58.3 Å². The summed E-state index contributed by atoms with van der Waals surface area (Å²) < 4.78 is 50.8. The zero-order chi connectivity index (χ0) is 20.0. The minimum absolute atomic E-state index is 0.0422. The molecule has 0 aliphatic heterocycles. The number of carbonyl (C=O) groups excluding carboxylic acids is 1. The molecular formula is C17H17BrFNO6S. The lowest BCUT2D eigenvalue weighted by atomic mass is 10.2.